The minimum atomic E-state index is -0.280. The summed E-state index contributed by atoms with van der Waals surface area (Å²) in [6.07, 6.45) is 5.74. The van der Waals surface area contributed by atoms with Gasteiger partial charge >= 0.3 is 0 Å². The third-order valence-corrected chi connectivity index (χ3v) is 5.40. The van der Waals surface area contributed by atoms with Crippen LogP contribution in [0.5, 0.6) is 0 Å². The van der Waals surface area contributed by atoms with E-state index in [4.69, 9.17) is 0 Å². The summed E-state index contributed by atoms with van der Waals surface area (Å²) in [6.45, 7) is 4.63. The van der Waals surface area contributed by atoms with Crippen LogP contribution in [0.25, 0.3) is 0 Å². The Morgan fingerprint density at radius 2 is 1.52 bits per heavy atom. The van der Waals surface area contributed by atoms with Crippen LogP contribution in [0, 0.1) is 0 Å². The molecule has 2 saturated heterocycles. The van der Waals surface area contributed by atoms with Crippen molar-refractivity contribution in [3.8, 4) is 0 Å². The van der Waals surface area contributed by atoms with Gasteiger partial charge < -0.3 is 20.0 Å². The van der Waals surface area contributed by atoms with E-state index in [2.05, 4.69) is 20.2 Å². The van der Waals surface area contributed by atoms with E-state index in [9.17, 15) is 9.59 Å². The number of nitrogens with one attached hydrogen (secondary N) is 1. The van der Waals surface area contributed by atoms with Gasteiger partial charge in [-0.3, -0.25) is 9.59 Å². The molecule has 0 aliphatic carbocycles. The number of rotatable bonds is 5. The lowest BCUT2D eigenvalue weighted by Crippen LogP contribution is -2.49. The van der Waals surface area contributed by atoms with Gasteiger partial charge in [0.1, 0.15) is 6.42 Å². The molecule has 2 fully saturated rings. The molecular weight excluding hydrogens is 368 g/mol. The van der Waals surface area contributed by atoms with Gasteiger partial charge in [0.2, 0.25) is 17.8 Å². The van der Waals surface area contributed by atoms with Crippen molar-refractivity contribution in [2.45, 2.75) is 19.3 Å². The Morgan fingerprint density at radius 3 is 2.17 bits per heavy atom. The molecule has 0 saturated carbocycles. The number of carbonyl (C=O) groups excluding carboxylic acids is 2. The maximum Gasteiger partial charge on any atom is 0.233 e. The van der Waals surface area contributed by atoms with Crippen molar-refractivity contribution in [1.29, 1.82) is 0 Å². The summed E-state index contributed by atoms with van der Waals surface area (Å²) in [5, 5.41) is 2.83. The van der Waals surface area contributed by atoms with Gasteiger partial charge in [-0.1, -0.05) is 0 Å². The van der Waals surface area contributed by atoms with Gasteiger partial charge in [0.05, 0.1) is 0 Å². The molecule has 0 bridgehead atoms. The Morgan fingerprint density at radius 1 is 0.862 bits per heavy atom. The van der Waals surface area contributed by atoms with Gasteiger partial charge in [-0.15, -0.1) is 0 Å². The lowest BCUT2D eigenvalue weighted by atomic mass is 10.2. The van der Waals surface area contributed by atoms with Crippen molar-refractivity contribution in [3.05, 3.63) is 42.7 Å². The lowest BCUT2D eigenvalue weighted by molar-refractivity contribution is -0.134. The number of nitrogens with zero attached hydrogens (tertiary/aromatic N) is 5. The molecular formula is C21H26N6O2. The highest BCUT2D eigenvalue weighted by atomic mass is 16.2. The molecule has 1 aromatic heterocycles. The molecule has 8 heteroatoms. The molecule has 2 amide bonds. The summed E-state index contributed by atoms with van der Waals surface area (Å²) in [6, 6.07) is 9.62. The van der Waals surface area contributed by atoms with Gasteiger partial charge in [0, 0.05) is 63.0 Å². The topological polar surface area (TPSA) is 81.7 Å². The zero-order valence-electron chi connectivity index (χ0n) is 16.5. The largest absolute Gasteiger partial charge is 0.372 e. The Hall–Kier alpha value is -3.16. The lowest BCUT2D eigenvalue weighted by Gasteiger charge is -2.34. The molecule has 0 unspecified atom stereocenters. The van der Waals surface area contributed by atoms with Crippen LogP contribution in [0.1, 0.15) is 19.3 Å². The molecule has 152 valence electrons. The second-order valence-corrected chi connectivity index (χ2v) is 7.38. The molecule has 1 aromatic carbocycles. The summed E-state index contributed by atoms with van der Waals surface area (Å²) in [5.41, 5.74) is 1.90. The molecule has 0 radical (unpaired) electrons. The molecule has 4 rings (SSSR count). The van der Waals surface area contributed by atoms with Crippen LogP contribution in [0.15, 0.2) is 42.7 Å². The van der Waals surface area contributed by atoms with E-state index < -0.39 is 0 Å². The van der Waals surface area contributed by atoms with E-state index in [0.717, 1.165) is 18.8 Å². The SMILES string of the molecule is O=C(CC(=O)N1CCN(c2ncccn2)CC1)Nc1ccc(N2CCCC2)cc1. The maximum atomic E-state index is 12.5. The van der Waals surface area contributed by atoms with E-state index in [1.165, 1.54) is 18.5 Å². The highest BCUT2D eigenvalue weighted by Gasteiger charge is 2.24. The molecule has 2 aromatic rings. The first-order chi connectivity index (χ1) is 14.2. The van der Waals surface area contributed by atoms with Crippen molar-refractivity contribution in [2.24, 2.45) is 0 Å². The predicted molar refractivity (Wildman–Crippen MR) is 112 cm³/mol. The number of amides is 2. The molecule has 2 aliphatic heterocycles. The Labute approximate surface area is 170 Å². The third-order valence-electron chi connectivity index (χ3n) is 5.40. The predicted octanol–water partition coefficient (Wildman–Crippen LogP) is 1.75. The summed E-state index contributed by atoms with van der Waals surface area (Å²) in [4.78, 5) is 39.4. The standard InChI is InChI=1S/C21H26N6O2/c28-19(24-17-4-6-18(7-5-17)25-10-1-2-11-25)16-20(29)26-12-14-27(15-13-26)21-22-8-3-9-23-21/h3-9H,1-2,10-16H2,(H,24,28). The van der Waals surface area contributed by atoms with E-state index in [1.807, 2.05) is 29.2 Å². The second-order valence-electron chi connectivity index (χ2n) is 7.38. The van der Waals surface area contributed by atoms with Crippen molar-refractivity contribution >= 4 is 29.1 Å². The number of hydrogen-bond donors (Lipinski definition) is 1. The van der Waals surface area contributed by atoms with E-state index >= 15 is 0 Å². The van der Waals surface area contributed by atoms with E-state index in [1.54, 1.807) is 23.4 Å². The van der Waals surface area contributed by atoms with Gasteiger partial charge in [-0.25, -0.2) is 9.97 Å². The number of piperazine rings is 1. The highest BCUT2D eigenvalue weighted by molar-refractivity contribution is 6.03. The minimum Gasteiger partial charge on any atom is -0.372 e. The zero-order valence-corrected chi connectivity index (χ0v) is 16.5. The van der Waals surface area contributed by atoms with Crippen molar-refractivity contribution in [2.75, 3.05) is 54.4 Å². The van der Waals surface area contributed by atoms with Crippen LogP contribution in [-0.2, 0) is 9.59 Å². The van der Waals surface area contributed by atoms with Crippen LogP contribution in [0.3, 0.4) is 0 Å². The zero-order chi connectivity index (χ0) is 20.1. The van der Waals surface area contributed by atoms with Gasteiger partial charge in [-0.2, -0.15) is 0 Å². The molecule has 2 aliphatic rings. The molecule has 1 N–H and O–H groups in total. The Bertz CT molecular complexity index is 828. The fourth-order valence-corrected chi connectivity index (χ4v) is 3.80. The fraction of sp³-hybridized carbons (Fsp3) is 0.429. The van der Waals surface area contributed by atoms with Gasteiger partial charge in [0.25, 0.3) is 0 Å². The fourth-order valence-electron chi connectivity index (χ4n) is 3.80. The monoisotopic (exact) mass is 394 g/mol. The van der Waals surface area contributed by atoms with Crippen molar-refractivity contribution < 1.29 is 9.59 Å². The minimum absolute atomic E-state index is 0.143. The molecule has 29 heavy (non-hydrogen) atoms. The van der Waals surface area contributed by atoms with Crippen LogP contribution >= 0.6 is 0 Å². The average Bonchev–Trinajstić information content (AvgIpc) is 3.30. The summed E-state index contributed by atoms with van der Waals surface area (Å²) < 4.78 is 0. The van der Waals surface area contributed by atoms with E-state index in [-0.39, 0.29) is 18.2 Å². The number of anilines is 3. The maximum absolute atomic E-state index is 12.5. The number of benzene rings is 1. The van der Waals surface area contributed by atoms with E-state index in [0.29, 0.717) is 32.1 Å². The molecule has 0 atom stereocenters. The Kier molecular flexibility index (Phi) is 5.88. The van der Waals surface area contributed by atoms with Crippen LogP contribution < -0.4 is 15.1 Å². The van der Waals surface area contributed by atoms with Crippen LogP contribution in [-0.4, -0.2) is 66.0 Å². The number of hydrogen-bond acceptors (Lipinski definition) is 6. The molecule has 8 nitrogen and oxygen atoms in total. The summed E-state index contributed by atoms with van der Waals surface area (Å²) in [7, 11) is 0. The molecule has 3 heterocycles. The first-order valence-corrected chi connectivity index (χ1v) is 10.1. The van der Waals surface area contributed by atoms with Gasteiger partial charge in [-0.05, 0) is 43.2 Å². The van der Waals surface area contributed by atoms with Gasteiger partial charge in [0.15, 0.2) is 0 Å². The first kappa shape index (κ1) is 19.2. The van der Waals surface area contributed by atoms with Crippen LogP contribution in [0.2, 0.25) is 0 Å². The number of carbonyl (C=O) groups is 2. The first-order valence-electron chi connectivity index (χ1n) is 10.1. The quantitative estimate of drug-likeness (QED) is 0.779. The van der Waals surface area contributed by atoms with Crippen molar-refractivity contribution in [1.82, 2.24) is 14.9 Å². The molecule has 0 spiro atoms. The number of aromatic nitrogens is 2. The summed E-state index contributed by atoms with van der Waals surface area (Å²) in [5.74, 6) is 0.247. The second kappa shape index (κ2) is 8.89. The smallest absolute Gasteiger partial charge is 0.233 e. The summed E-state index contributed by atoms with van der Waals surface area (Å²) >= 11 is 0. The normalized spacial score (nSPS) is 16.8. The average molecular weight is 394 g/mol. The van der Waals surface area contributed by atoms with Crippen molar-refractivity contribution in [3.63, 3.8) is 0 Å². The van der Waals surface area contributed by atoms with Crippen LogP contribution in [0.4, 0.5) is 17.3 Å². The third kappa shape index (κ3) is 4.82. The highest BCUT2D eigenvalue weighted by Crippen LogP contribution is 2.22. The Balaban J connectivity index is 1.24.